The molecule has 6 nitrogen and oxygen atoms in total. The molecule has 4 atom stereocenters. The average molecular weight is 355 g/mol. The van der Waals surface area contributed by atoms with Crippen LogP contribution in [0, 0.1) is 5.92 Å². The highest BCUT2D eigenvalue weighted by molar-refractivity contribution is 5.99. The van der Waals surface area contributed by atoms with Gasteiger partial charge in [-0.15, -0.1) is 0 Å². The Balaban J connectivity index is 1.75. The van der Waals surface area contributed by atoms with Crippen molar-refractivity contribution in [1.82, 2.24) is 15.2 Å². The van der Waals surface area contributed by atoms with E-state index in [2.05, 4.69) is 22.4 Å². The number of nitrogens with zero attached hydrogens (tertiary/aromatic N) is 1. The maximum Gasteiger partial charge on any atom is 0.231 e. The smallest absolute Gasteiger partial charge is 0.231 e. The van der Waals surface area contributed by atoms with Gasteiger partial charge in [0, 0.05) is 23.1 Å². The lowest BCUT2D eigenvalue weighted by atomic mass is 9.79. The summed E-state index contributed by atoms with van der Waals surface area (Å²) in [5.74, 6) is -0.911. The minimum absolute atomic E-state index is 0.0442. The quantitative estimate of drug-likeness (QED) is 0.665. The number of rotatable bonds is 4. The van der Waals surface area contributed by atoms with Gasteiger partial charge >= 0.3 is 0 Å². The summed E-state index contributed by atoms with van der Waals surface area (Å²) in [5, 5.41) is 24.2. The number of carbonyl (C=O) groups excluding carboxylic acids is 1. The summed E-state index contributed by atoms with van der Waals surface area (Å²) in [6, 6.07) is 5.91. The third kappa shape index (κ3) is 2.57. The van der Waals surface area contributed by atoms with Crippen molar-refractivity contribution in [3.05, 3.63) is 41.6 Å². The van der Waals surface area contributed by atoms with Crippen LogP contribution in [0.2, 0.25) is 0 Å². The summed E-state index contributed by atoms with van der Waals surface area (Å²) in [4.78, 5) is 17.9. The minimum Gasteiger partial charge on any atom is -0.394 e. The summed E-state index contributed by atoms with van der Waals surface area (Å²) < 4.78 is 0. The van der Waals surface area contributed by atoms with E-state index in [-0.39, 0.29) is 24.6 Å². The van der Waals surface area contributed by atoms with E-state index in [0.29, 0.717) is 6.42 Å². The first-order valence-electron chi connectivity index (χ1n) is 9.17. The molecule has 1 aliphatic heterocycles. The molecule has 2 aliphatic rings. The Hall–Kier alpha value is -2.15. The number of fused-ring (bicyclic) bond motifs is 2. The zero-order valence-electron chi connectivity index (χ0n) is 15.1. The molecule has 4 N–H and O–H groups in total. The molecule has 6 heteroatoms. The molecule has 1 unspecified atom stereocenters. The summed E-state index contributed by atoms with van der Waals surface area (Å²) in [7, 11) is 1.86. The van der Waals surface area contributed by atoms with Crippen LogP contribution in [-0.4, -0.2) is 58.0 Å². The summed E-state index contributed by atoms with van der Waals surface area (Å²) in [6.07, 6.45) is 4.52. The first-order chi connectivity index (χ1) is 12.5. The van der Waals surface area contributed by atoms with Gasteiger partial charge in [0.05, 0.1) is 18.6 Å². The molecular weight excluding hydrogens is 330 g/mol. The van der Waals surface area contributed by atoms with E-state index < -0.39 is 12.1 Å². The van der Waals surface area contributed by atoms with E-state index in [1.165, 1.54) is 10.9 Å². The fraction of sp³-hybridized carbons (Fsp3) is 0.450. The molecule has 2 heterocycles. The van der Waals surface area contributed by atoms with E-state index in [0.717, 1.165) is 23.1 Å². The highest BCUT2D eigenvalue weighted by Crippen LogP contribution is 2.41. The lowest BCUT2D eigenvalue weighted by Gasteiger charge is -2.43. The Labute approximate surface area is 152 Å². The zero-order valence-corrected chi connectivity index (χ0v) is 15.1. The third-order valence-corrected chi connectivity index (χ3v) is 5.82. The zero-order chi connectivity index (χ0) is 18.4. The molecule has 0 spiro atoms. The van der Waals surface area contributed by atoms with Crippen molar-refractivity contribution in [2.75, 3.05) is 13.7 Å². The Morgan fingerprint density at radius 3 is 3.00 bits per heavy atom. The SMILES string of the molecule is CC[C@@H](CO)NC(=O)[C@@H]1C=C2c3cccc4[nH]cc(c34)C[C@H]2N(C)C1O. The first-order valence-corrected chi connectivity index (χ1v) is 9.17. The number of hydrogen-bond donors (Lipinski definition) is 4. The highest BCUT2D eigenvalue weighted by Gasteiger charge is 2.41. The molecule has 0 saturated carbocycles. The monoisotopic (exact) mass is 355 g/mol. The van der Waals surface area contributed by atoms with Gasteiger partial charge in [-0.1, -0.05) is 25.1 Å². The van der Waals surface area contributed by atoms with Gasteiger partial charge in [0.1, 0.15) is 6.23 Å². The van der Waals surface area contributed by atoms with Gasteiger partial charge in [0.25, 0.3) is 0 Å². The number of hydrogen-bond acceptors (Lipinski definition) is 4. The predicted octanol–water partition coefficient (Wildman–Crippen LogP) is 1.24. The number of benzene rings is 1. The van der Waals surface area contributed by atoms with Gasteiger partial charge in [-0.05, 0) is 42.7 Å². The van der Waals surface area contributed by atoms with Gasteiger partial charge in [0.2, 0.25) is 5.91 Å². The summed E-state index contributed by atoms with van der Waals surface area (Å²) in [6.45, 7) is 1.81. The fourth-order valence-corrected chi connectivity index (χ4v) is 4.22. The number of aliphatic hydroxyl groups excluding tert-OH is 2. The van der Waals surface area contributed by atoms with Gasteiger partial charge in [-0.3, -0.25) is 9.69 Å². The standard InChI is InChI=1S/C20H25N3O3/c1-3-12(10-24)22-19(25)15-8-14-13-5-4-6-16-18(13)11(9-21-16)7-17(14)23(2)20(15)26/h4-6,8-9,12,15,17,20-21,24,26H,3,7,10H2,1-2H3,(H,22,25)/t12-,15-,17+,20?/m0/s1. The number of aromatic nitrogens is 1. The van der Waals surface area contributed by atoms with Crippen LogP contribution in [0.1, 0.15) is 24.5 Å². The molecule has 26 heavy (non-hydrogen) atoms. The molecule has 0 fully saturated rings. The van der Waals surface area contributed by atoms with Gasteiger partial charge in [-0.25, -0.2) is 0 Å². The normalized spacial score (nSPS) is 26.3. The fourth-order valence-electron chi connectivity index (χ4n) is 4.22. The van der Waals surface area contributed by atoms with Crippen LogP contribution in [0.4, 0.5) is 0 Å². The Morgan fingerprint density at radius 1 is 1.46 bits per heavy atom. The van der Waals surface area contributed by atoms with Crippen molar-refractivity contribution in [3.8, 4) is 0 Å². The number of aliphatic hydroxyl groups is 2. The van der Waals surface area contributed by atoms with Gasteiger partial charge in [-0.2, -0.15) is 0 Å². The lowest BCUT2D eigenvalue weighted by molar-refractivity contribution is -0.133. The molecule has 138 valence electrons. The topological polar surface area (TPSA) is 88.6 Å². The van der Waals surface area contributed by atoms with E-state index in [4.69, 9.17) is 0 Å². The molecule has 0 saturated heterocycles. The number of likely N-dealkylation sites (N-methyl/N-ethyl adjacent to an activating group) is 1. The predicted molar refractivity (Wildman–Crippen MR) is 100 cm³/mol. The molecule has 4 rings (SSSR count). The summed E-state index contributed by atoms with van der Waals surface area (Å²) in [5.41, 5.74) is 4.55. The Bertz CT molecular complexity index is 868. The molecule has 1 aromatic carbocycles. The molecule has 2 aromatic rings. The van der Waals surface area contributed by atoms with Crippen molar-refractivity contribution in [2.24, 2.45) is 5.92 Å². The number of carbonyl (C=O) groups is 1. The number of aromatic amines is 1. The van der Waals surface area contributed by atoms with E-state index in [1.54, 1.807) is 0 Å². The van der Waals surface area contributed by atoms with E-state index in [9.17, 15) is 15.0 Å². The molecule has 0 bridgehead atoms. The van der Waals surface area contributed by atoms with Crippen molar-refractivity contribution in [2.45, 2.75) is 38.1 Å². The Morgan fingerprint density at radius 2 is 2.27 bits per heavy atom. The number of amides is 1. The molecule has 1 aromatic heterocycles. The van der Waals surface area contributed by atoms with Gasteiger partial charge < -0.3 is 20.5 Å². The van der Waals surface area contributed by atoms with Crippen LogP contribution >= 0.6 is 0 Å². The third-order valence-electron chi connectivity index (χ3n) is 5.82. The largest absolute Gasteiger partial charge is 0.394 e. The molecule has 0 radical (unpaired) electrons. The van der Waals surface area contributed by atoms with E-state index in [1.807, 2.05) is 37.2 Å². The Kier molecular flexibility index (Phi) is 4.34. The van der Waals surface area contributed by atoms with Crippen molar-refractivity contribution in [1.29, 1.82) is 0 Å². The van der Waals surface area contributed by atoms with Crippen LogP contribution < -0.4 is 5.32 Å². The molecule has 1 aliphatic carbocycles. The van der Waals surface area contributed by atoms with Crippen LogP contribution in [0.25, 0.3) is 16.5 Å². The van der Waals surface area contributed by atoms with Crippen molar-refractivity contribution in [3.63, 3.8) is 0 Å². The average Bonchev–Trinajstić information content (AvgIpc) is 3.07. The maximum atomic E-state index is 12.7. The first kappa shape index (κ1) is 17.3. The lowest BCUT2D eigenvalue weighted by Crippen LogP contribution is -2.54. The second-order valence-corrected chi connectivity index (χ2v) is 7.29. The molecular formula is C20H25N3O3. The second-order valence-electron chi connectivity index (χ2n) is 7.29. The van der Waals surface area contributed by atoms with Crippen molar-refractivity contribution >= 4 is 22.4 Å². The van der Waals surface area contributed by atoms with Crippen LogP contribution in [-0.2, 0) is 11.2 Å². The highest BCUT2D eigenvalue weighted by atomic mass is 16.3. The number of nitrogens with one attached hydrogen (secondary N) is 2. The van der Waals surface area contributed by atoms with Crippen molar-refractivity contribution < 1.29 is 15.0 Å². The van der Waals surface area contributed by atoms with Crippen LogP contribution in [0.15, 0.2) is 30.5 Å². The van der Waals surface area contributed by atoms with Crippen LogP contribution in [0.5, 0.6) is 0 Å². The number of H-pyrrole nitrogens is 1. The minimum atomic E-state index is -0.889. The maximum absolute atomic E-state index is 12.7. The second kappa shape index (κ2) is 6.54. The van der Waals surface area contributed by atoms with Crippen LogP contribution in [0.3, 0.4) is 0 Å². The molecule has 1 amide bonds. The van der Waals surface area contributed by atoms with Gasteiger partial charge in [0.15, 0.2) is 0 Å². The summed E-state index contributed by atoms with van der Waals surface area (Å²) >= 11 is 0. The van der Waals surface area contributed by atoms with E-state index >= 15 is 0 Å².